The molecule has 0 bridgehead atoms. The molecule has 0 radical (unpaired) electrons. The lowest BCUT2D eigenvalue weighted by Gasteiger charge is -2.10. The van der Waals surface area contributed by atoms with Crippen molar-refractivity contribution < 1.29 is 4.84 Å². The van der Waals surface area contributed by atoms with E-state index in [2.05, 4.69) is 24.2 Å². The van der Waals surface area contributed by atoms with Crippen molar-refractivity contribution in [3.63, 3.8) is 0 Å². The van der Waals surface area contributed by atoms with Gasteiger partial charge in [0.2, 0.25) is 0 Å². The lowest BCUT2D eigenvalue weighted by molar-refractivity contribution is 0.0455. The minimum absolute atomic E-state index is 0.265. The SMILES string of the molecule is CCC(C)COn1nnc2ccccc2c1=O. The van der Waals surface area contributed by atoms with Gasteiger partial charge in [-0.1, -0.05) is 32.4 Å². The van der Waals surface area contributed by atoms with E-state index in [9.17, 15) is 4.79 Å². The Bertz CT molecular complexity index is 565. The molecule has 0 N–H and O–H groups in total. The van der Waals surface area contributed by atoms with Crippen LogP contribution in [0.3, 0.4) is 0 Å². The van der Waals surface area contributed by atoms with Crippen LogP contribution in [0, 0.1) is 5.92 Å². The zero-order valence-electron chi connectivity index (χ0n) is 9.96. The third kappa shape index (κ3) is 2.43. The fourth-order valence-electron chi connectivity index (χ4n) is 1.37. The average molecular weight is 233 g/mol. The Kier molecular flexibility index (Phi) is 3.37. The molecule has 0 aliphatic heterocycles. The Hall–Kier alpha value is -1.91. The van der Waals surface area contributed by atoms with Crippen LogP contribution >= 0.6 is 0 Å². The maximum Gasteiger partial charge on any atom is 0.314 e. The van der Waals surface area contributed by atoms with Crippen LogP contribution in [0.1, 0.15) is 20.3 Å². The number of rotatable bonds is 4. The van der Waals surface area contributed by atoms with Gasteiger partial charge in [0.15, 0.2) is 0 Å². The monoisotopic (exact) mass is 233 g/mol. The molecule has 17 heavy (non-hydrogen) atoms. The van der Waals surface area contributed by atoms with Crippen LogP contribution in [0.4, 0.5) is 0 Å². The molecule has 2 rings (SSSR count). The quantitative estimate of drug-likeness (QED) is 0.798. The van der Waals surface area contributed by atoms with Crippen molar-refractivity contribution in [3.8, 4) is 0 Å². The maximum absolute atomic E-state index is 12.0. The number of hydrogen-bond donors (Lipinski definition) is 0. The van der Waals surface area contributed by atoms with Crippen molar-refractivity contribution in [2.45, 2.75) is 20.3 Å². The highest BCUT2D eigenvalue weighted by Crippen LogP contribution is 2.03. The molecule has 0 spiro atoms. The number of hydrogen-bond acceptors (Lipinski definition) is 4. The molecule has 2 aromatic rings. The van der Waals surface area contributed by atoms with Gasteiger partial charge in [0, 0.05) is 0 Å². The van der Waals surface area contributed by atoms with E-state index in [-0.39, 0.29) is 5.56 Å². The summed E-state index contributed by atoms with van der Waals surface area (Å²) in [6.45, 7) is 4.59. The first-order valence-corrected chi connectivity index (χ1v) is 5.70. The first kappa shape index (κ1) is 11.6. The third-order valence-electron chi connectivity index (χ3n) is 2.72. The highest BCUT2D eigenvalue weighted by Gasteiger charge is 2.06. The average Bonchev–Trinajstić information content (AvgIpc) is 2.38. The van der Waals surface area contributed by atoms with Crippen molar-refractivity contribution in [2.75, 3.05) is 6.61 Å². The Morgan fingerprint density at radius 2 is 2.18 bits per heavy atom. The molecular weight excluding hydrogens is 218 g/mol. The second kappa shape index (κ2) is 4.95. The van der Waals surface area contributed by atoms with Gasteiger partial charge in [-0.15, -0.1) is 5.10 Å². The first-order chi connectivity index (χ1) is 8.22. The lowest BCUT2D eigenvalue weighted by Crippen LogP contribution is -2.32. The van der Waals surface area contributed by atoms with Gasteiger partial charge in [0.1, 0.15) is 12.1 Å². The van der Waals surface area contributed by atoms with Crippen molar-refractivity contribution in [1.82, 2.24) is 15.2 Å². The number of aromatic nitrogens is 3. The zero-order valence-corrected chi connectivity index (χ0v) is 9.96. The van der Waals surface area contributed by atoms with E-state index in [0.717, 1.165) is 11.3 Å². The van der Waals surface area contributed by atoms with Gasteiger partial charge in [-0.25, -0.2) is 0 Å². The first-order valence-electron chi connectivity index (χ1n) is 5.70. The molecule has 5 nitrogen and oxygen atoms in total. The molecule has 1 aromatic carbocycles. The van der Waals surface area contributed by atoms with Crippen LogP contribution in [0.25, 0.3) is 10.9 Å². The van der Waals surface area contributed by atoms with Crippen molar-refractivity contribution in [3.05, 3.63) is 34.6 Å². The molecule has 0 aliphatic rings. The fraction of sp³-hybridized carbons (Fsp3) is 0.417. The number of nitrogens with zero attached hydrogens (tertiary/aromatic N) is 3. The highest BCUT2D eigenvalue weighted by molar-refractivity contribution is 5.76. The molecule has 0 saturated heterocycles. The van der Waals surface area contributed by atoms with E-state index >= 15 is 0 Å². The van der Waals surface area contributed by atoms with Gasteiger partial charge in [-0.2, -0.15) is 0 Å². The normalized spacial score (nSPS) is 12.6. The number of benzene rings is 1. The van der Waals surface area contributed by atoms with Gasteiger partial charge >= 0.3 is 5.56 Å². The Morgan fingerprint density at radius 3 is 2.94 bits per heavy atom. The summed E-state index contributed by atoms with van der Waals surface area (Å²) >= 11 is 0. The van der Waals surface area contributed by atoms with Crippen molar-refractivity contribution in [2.24, 2.45) is 5.92 Å². The fourth-order valence-corrected chi connectivity index (χ4v) is 1.37. The molecule has 1 atom stereocenters. The third-order valence-corrected chi connectivity index (χ3v) is 2.72. The topological polar surface area (TPSA) is 57.0 Å². The van der Waals surface area contributed by atoms with Crippen molar-refractivity contribution >= 4 is 10.9 Å². The van der Waals surface area contributed by atoms with Crippen LogP contribution < -0.4 is 10.4 Å². The molecule has 1 aromatic heterocycles. The summed E-state index contributed by atoms with van der Waals surface area (Å²) in [6, 6.07) is 7.09. The Morgan fingerprint density at radius 1 is 1.41 bits per heavy atom. The number of fused-ring (bicyclic) bond motifs is 1. The largest absolute Gasteiger partial charge is 0.392 e. The molecule has 0 aliphatic carbocycles. The summed E-state index contributed by atoms with van der Waals surface area (Å²) in [4.78, 5) is 18.3. The van der Waals surface area contributed by atoms with E-state index in [0.29, 0.717) is 23.4 Å². The van der Waals surface area contributed by atoms with Crippen LogP contribution in [0.5, 0.6) is 0 Å². The minimum Gasteiger partial charge on any atom is -0.392 e. The lowest BCUT2D eigenvalue weighted by atomic mass is 10.1. The molecular formula is C12H15N3O2. The van der Waals surface area contributed by atoms with Gasteiger partial charge in [0.25, 0.3) is 0 Å². The molecule has 1 heterocycles. The van der Waals surface area contributed by atoms with E-state index in [4.69, 9.17) is 4.84 Å². The van der Waals surface area contributed by atoms with E-state index in [1.165, 1.54) is 0 Å². The van der Waals surface area contributed by atoms with Crippen LogP contribution in [-0.2, 0) is 0 Å². The molecule has 0 saturated carbocycles. The molecule has 5 heteroatoms. The van der Waals surface area contributed by atoms with Gasteiger partial charge in [-0.3, -0.25) is 4.79 Å². The van der Waals surface area contributed by atoms with Gasteiger partial charge in [0.05, 0.1) is 5.39 Å². The summed E-state index contributed by atoms with van der Waals surface area (Å²) in [5, 5.41) is 8.20. The van der Waals surface area contributed by atoms with Gasteiger partial charge < -0.3 is 4.84 Å². The van der Waals surface area contributed by atoms with E-state index in [1.807, 2.05) is 6.07 Å². The summed E-state index contributed by atoms with van der Waals surface area (Å²) in [6.07, 6.45) is 0.996. The van der Waals surface area contributed by atoms with E-state index < -0.39 is 0 Å². The molecule has 90 valence electrons. The summed E-state index contributed by atoms with van der Waals surface area (Å²) < 4.78 is 0. The summed E-state index contributed by atoms with van der Waals surface area (Å²) in [7, 11) is 0. The molecule has 0 fully saturated rings. The highest BCUT2D eigenvalue weighted by atomic mass is 16.7. The second-order valence-corrected chi connectivity index (χ2v) is 4.09. The molecule has 0 amide bonds. The standard InChI is InChI=1S/C12H15N3O2/c1-3-9(2)8-17-15-12(16)10-6-4-5-7-11(10)13-14-15/h4-7,9H,3,8H2,1-2H3. The van der Waals surface area contributed by atoms with Gasteiger partial charge in [-0.05, 0) is 28.1 Å². The zero-order chi connectivity index (χ0) is 12.3. The van der Waals surface area contributed by atoms with Crippen LogP contribution in [-0.4, -0.2) is 21.8 Å². The molecule has 1 unspecified atom stereocenters. The summed E-state index contributed by atoms with van der Waals surface area (Å²) in [5.41, 5.74) is 0.319. The minimum atomic E-state index is -0.265. The predicted molar refractivity (Wildman–Crippen MR) is 64.7 cm³/mol. The predicted octanol–water partition coefficient (Wildman–Crippen LogP) is 1.27. The van der Waals surface area contributed by atoms with Crippen LogP contribution in [0.2, 0.25) is 0 Å². The smallest absolute Gasteiger partial charge is 0.314 e. The van der Waals surface area contributed by atoms with Crippen LogP contribution in [0.15, 0.2) is 29.1 Å². The maximum atomic E-state index is 12.0. The Labute approximate surface area is 99.0 Å². The van der Waals surface area contributed by atoms with Crippen molar-refractivity contribution in [1.29, 1.82) is 0 Å². The second-order valence-electron chi connectivity index (χ2n) is 4.09. The summed E-state index contributed by atoms with van der Waals surface area (Å²) in [5.74, 6) is 0.384. The Balaban J connectivity index is 2.30. The van der Waals surface area contributed by atoms with E-state index in [1.54, 1.807) is 18.2 Å².